The first kappa shape index (κ1) is 17.7. The lowest BCUT2D eigenvalue weighted by Gasteiger charge is -2.23. The van der Waals surface area contributed by atoms with Crippen molar-refractivity contribution < 1.29 is 19.4 Å². The zero-order chi connectivity index (χ0) is 18.9. The van der Waals surface area contributed by atoms with Crippen LogP contribution in [0, 0.1) is 0 Å². The third kappa shape index (κ3) is 3.60. The van der Waals surface area contributed by atoms with E-state index in [1.54, 1.807) is 0 Å². The number of rotatable bonds is 4. The maximum absolute atomic E-state index is 12.8. The molecule has 5 nitrogen and oxygen atoms in total. The van der Waals surface area contributed by atoms with Gasteiger partial charge in [0.05, 0.1) is 18.6 Å². The number of likely N-dealkylation sites (tertiary alicyclic amines) is 1. The van der Waals surface area contributed by atoms with Gasteiger partial charge in [-0.25, -0.2) is 4.79 Å². The van der Waals surface area contributed by atoms with Gasteiger partial charge < -0.3 is 14.7 Å². The zero-order valence-electron chi connectivity index (χ0n) is 15.1. The number of benzene rings is 2. The molecule has 2 aromatic rings. The number of carbonyl (C=O) groups excluding carboxylic acids is 1. The van der Waals surface area contributed by atoms with Crippen LogP contribution in [-0.2, 0) is 20.7 Å². The van der Waals surface area contributed by atoms with E-state index >= 15 is 0 Å². The Kier molecular flexibility index (Phi) is 4.70. The molecule has 2 unspecified atom stereocenters. The zero-order valence-corrected chi connectivity index (χ0v) is 15.1. The molecule has 1 spiro atoms. The van der Waals surface area contributed by atoms with Crippen molar-refractivity contribution in [1.29, 1.82) is 0 Å². The van der Waals surface area contributed by atoms with Crippen LogP contribution >= 0.6 is 0 Å². The monoisotopic (exact) mass is 365 g/mol. The van der Waals surface area contributed by atoms with E-state index < -0.39 is 17.6 Å². The van der Waals surface area contributed by atoms with Crippen LogP contribution in [0.1, 0.15) is 24.8 Å². The van der Waals surface area contributed by atoms with E-state index in [1.165, 1.54) is 4.90 Å². The maximum atomic E-state index is 12.8. The van der Waals surface area contributed by atoms with Crippen molar-refractivity contribution in [3.63, 3.8) is 0 Å². The van der Waals surface area contributed by atoms with Crippen molar-refractivity contribution in [2.24, 2.45) is 0 Å². The highest BCUT2D eigenvalue weighted by molar-refractivity contribution is 5.86. The Morgan fingerprint density at radius 1 is 1.07 bits per heavy atom. The molecule has 0 aliphatic carbocycles. The summed E-state index contributed by atoms with van der Waals surface area (Å²) in [6, 6.07) is 17.1. The fourth-order valence-corrected chi connectivity index (χ4v) is 4.19. The molecule has 2 fully saturated rings. The second-order valence-electron chi connectivity index (χ2n) is 7.45. The highest BCUT2D eigenvalue weighted by Gasteiger charge is 2.50. The molecule has 2 aliphatic rings. The lowest BCUT2D eigenvalue weighted by atomic mass is 9.97. The molecule has 2 saturated heterocycles. The second-order valence-corrected chi connectivity index (χ2v) is 7.45. The van der Waals surface area contributed by atoms with Crippen LogP contribution in [-0.4, -0.2) is 46.7 Å². The number of carbonyl (C=O) groups is 2. The van der Waals surface area contributed by atoms with Gasteiger partial charge >= 0.3 is 5.97 Å². The second kappa shape index (κ2) is 7.16. The van der Waals surface area contributed by atoms with Gasteiger partial charge in [-0.3, -0.25) is 4.79 Å². The number of ether oxygens (including phenoxy) is 1. The minimum absolute atomic E-state index is 0.151. The SMILES string of the molecule is O=C(O)C1CC2(CCCO2)CN1C(=O)Cc1ccc(-c2ccccc2)cc1. The molecule has 4 rings (SSSR count). The molecule has 2 aromatic carbocycles. The Morgan fingerprint density at radius 2 is 1.78 bits per heavy atom. The Bertz CT molecular complexity index is 825. The molecule has 1 amide bonds. The average molecular weight is 365 g/mol. The largest absolute Gasteiger partial charge is 0.480 e. The van der Waals surface area contributed by atoms with Crippen LogP contribution in [0.25, 0.3) is 11.1 Å². The van der Waals surface area contributed by atoms with Crippen LogP contribution < -0.4 is 0 Å². The molecular weight excluding hydrogens is 342 g/mol. The molecule has 27 heavy (non-hydrogen) atoms. The summed E-state index contributed by atoms with van der Waals surface area (Å²) in [5.41, 5.74) is 2.64. The van der Waals surface area contributed by atoms with E-state index in [-0.39, 0.29) is 12.3 Å². The molecule has 0 radical (unpaired) electrons. The molecule has 0 bridgehead atoms. The summed E-state index contributed by atoms with van der Waals surface area (Å²) in [6.07, 6.45) is 2.34. The molecule has 140 valence electrons. The van der Waals surface area contributed by atoms with E-state index in [4.69, 9.17) is 4.74 Å². The third-order valence-corrected chi connectivity index (χ3v) is 5.61. The summed E-state index contributed by atoms with van der Waals surface area (Å²) in [5.74, 6) is -1.10. The molecule has 0 aromatic heterocycles. The first-order valence-electron chi connectivity index (χ1n) is 9.37. The molecular formula is C22H23NO4. The Hall–Kier alpha value is -2.66. The highest BCUT2D eigenvalue weighted by atomic mass is 16.5. The molecule has 0 saturated carbocycles. The number of carboxylic acid groups (broad SMARTS) is 1. The molecule has 2 aliphatic heterocycles. The van der Waals surface area contributed by atoms with Crippen LogP contribution in [0.3, 0.4) is 0 Å². The van der Waals surface area contributed by atoms with Gasteiger partial charge in [-0.1, -0.05) is 54.6 Å². The minimum Gasteiger partial charge on any atom is -0.480 e. The first-order chi connectivity index (χ1) is 13.1. The van der Waals surface area contributed by atoms with E-state index in [1.807, 2.05) is 54.6 Å². The average Bonchev–Trinajstić information content (AvgIpc) is 3.31. The topological polar surface area (TPSA) is 66.8 Å². The van der Waals surface area contributed by atoms with Gasteiger partial charge in [-0.05, 0) is 29.5 Å². The standard InChI is InChI=1S/C22H23NO4/c24-20(23-15-22(11-4-12-27-22)14-19(23)21(25)26)13-16-7-9-18(10-8-16)17-5-2-1-3-6-17/h1-3,5-10,19H,4,11-15H2,(H,25,26). The summed E-state index contributed by atoms with van der Waals surface area (Å²) in [7, 11) is 0. The molecule has 5 heteroatoms. The lowest BCUT2D eigenvalue weighted by Crippen LogP contribution is -2.42. The van der Waals surface area contributed by atoms with Crippen molar-refractivity contribution in [1.82, 2.24) is 4.90 Å². The van der Waals surface area contributed by atoms with Gasteiger partial charge in [0, 0.05) is 13.0 Å². The van der Waals surface area contributed by atoms with Crippen molar-refractivity contribution in [2.75, 3.05) is 13.2 Å². The van der Waals surface area contributed by atoms with E-state index in [0.717, 1.165) is 29.5 Å². The van der Waals surface area contributed by atoms with Gasteiger partial charge in [-0.2, -0.15) is 0 Å². The van der Waals surface area contributed by atoms with Crippen LogP contribution in [0.4, 0.5) is 0 Å². The van der Waals surface area contributed by atoms with Crippen LogP contribution in [0.2, 0.25) is 0 Å². The summed E-state index contributed by atoms with van der Waals surface area (Å²) in [4.78, 5) is 26.0. The van der Waals surface area contributed by atoms with Gasteiger partial charge in [-0.15, -0.1) is 0 Å². The van der Waals surface area contributed by atoms with Crippen LogP contribution in [0.5, 0.6) is 0 Å². The predicted octanol–water partition coefficient (Wildman–Crippen LogP) is 3.13. The number of carboxylic acids is 1. The Balaban J connectivity index is 1.47. The van der Waals surface area contributed by atoms with Gasteiger partial charge in [0.1, 0.15) is 6.04 Å². The molecule has 1 N–H and O–H groups in total. The Labute approximate surface area is 158 Å². The van der Waals surface area contributed by atoms with Gasteiger partial charge in [0.15, 0.2) is 0 Å². The molecule has 2 atom stereocenters. The van der Waals surface area contributed by atoms with Crippen LogP contribution in [0.15, 0.2) is 54.6 Å². The maximum Gasteiger partial charge on any atom is 0.326 e. The quantitative estimate of drug-likeness (QED) is 0.904. The minimum atomic E-state index is -0.949. The number of hydrogen-bond acceptors (Lipinski definition) is 3. The highest BCUT2D eigenvalue weighted by Crippen LogP contribution is 2.38. The van der Waals surface area contributed by atoms with E-state index in [2.05, 4.69) is 0 Å². The number of aliphatic carboxylic acids is 1. The van der Waals surface area contributed by atoms with Crippen molar-refractivity contribution >= 4 is 11.9 Å². The van der Waals surface area contributed by atoms with Crippen molar-refractivity contribution in [3.05, 3.63) is 60.2 Å². The fraction of sp³-hybridized carbons (Fsp3) is 0.364. The lowest BCUT2D eigenvalue weighted by molar-refractivity contribution is -0.148. The summed E-state index contributed by atoms with van der Waals surface area (Å²) < 4.78 is 5.82. The third-order valence-electron chi connectivity index (χ3n) is 5.61. The van der Waals surface area contributed by atoms with Gasteiger partial charge in [0.2, 0.25) is 5.91 Å². The first-order valence-corrected chi connectivity index (χ1v) is 9.37. The summed E-state index contributed by atoms with van der Waals surface area (Å²) >= 11 is 0. The molecule has 2 heterocycles. The summed E-state index contributed by atoms with van der Waals surface area (Å²) in [5, 5.41) is 9.56. The van der Waals surface area contributed by atoms with Crippen molar-refractivity contribution in [2.45, 2.75) is 37.3 Å². The van der Waals surface area contributed by atoms with E-state index in [0.29, 0.717) is 19.6 Å². The number of nitrogens with zero attached hydrogens (tertiary/aromatic N) is 1. The number of amides is 1. The smallest absolute Gasteiger partial charge is 0.326 e. The number of hydrogen-bond donors (Lipinski definition) is 1. The van der Waals surface area contributed by atoms with E-state index in [9.17, 15) is 14.7 Å². The predicted molar refractivity (Wildman–Crippen MR) is 101 cm³/mol. The fourth-order valence-electron chi connectivity index (χ4n) is 4.19. The summed E-state index contributed by atoms with van der Waals surface area (Å²) in [6.45, 7) is 1.03. The van der Waals surface area contributed by atoms with Gasteiger partial charge in [0.25, 0.3) is 0 Å². The van der Waals surface area contributed by atoms with Crippen molar-refractivity contribution in [3.8, 4) is 11.1 Å². The normalized spacial score (nSPS) is 24.4. The Morgan fingerprint density at radius 3 is 2.41 bits per heavy atom.